The molecule has 0 atom stereocenters. The average Bonchev–Trinajstić information content (AvgIpc) is 2.30. The highest BCUT2D eigenvalue weighted by atomic mass is 35.5. The fraction of sp³-hybridized carbons (Fsp3) is 0.154. The molecule has 0 amide bonds. The maximum atomic E-state index is 13.5. The molecule has 0 spiro atoms. The fourth-order valence-electron chi connectivity index (χ4n) is 1.56. The van der Waals surface area contributed by atoms with Crippen molar-refractivity contribution in [3.05, 3.63) is 58.6 Å². The number of aryl methyl sites for hydroxylation is 1. The summed E-state index contributed by atoms with van der Waals surface area (Å²) < 4.78 is 13.5. The number of pyridine rings is 1. The van der Waals surface area contributed by atoms with Gasteiger partial charge in [-0.05, 0) is 31.2 Å². The number of aromatic nitrogens is 1. The van der Waals surface area contributed by atoms with Gasteiger partial charge in [0.2, 0.25) is 0 Å². The summed E-state index contributed by atoms with van der Waals surface area (Å²) >= 11 is 5.94. The zero-order valence-corrected chi connectivity index (χ0v) is 10.1. The van der Waals surface area contributed by atoms with Gasteiger partial charge in [-0.1, -0.05) is 17.7 Å². The molecule has 0 radical (unpaired) electrons. The van der Waals surface area contributed by atoms with Gasteiger partial charge in [-0.15, -0.1) is 0 Å². The first-order chi connectivity index (χ1) is 8.18. The summed E-state index contributed by atoms with van der Waals surface area (Å²) in [4.78, 5) is 4.15. The highest BCUT2D eigenvalue weighted by Gasteiger charge is 2.07. The minimum atomic E-state index is -0.299. The van der Waals surface area contributed by atoms with Crippen molar-refractivity contribution in [3.8, 4) is 0 Å². The van der Waals surface area contributed by atoms with Gasteiger partial charge < -0.3 is 5.32 Å². The maximum absolute atomic E-state index is 13.5. The maximum Gasteiger partial charge on any atom is 0.129 e. The summed E-state index contributed by atoms with van der Waals surface area (Å²) in [6.07, 6.45) is 1.72. The van der Waals surface area contributed by atoms with Crippen molar-refractivity contribution in [1.29, 1.82) is 0 Å². The third-order valence-electron chi connectivity index (χ3n) is 2.52. The van der Waals surface area contributed by atoms with E-state index in [1.54, 1.807) is 18.3 Å². The zero-order chi connectivity index (χ0) is 12.3. The van der Waals surface area contributed by atoms with Crippen molar-refractivity contribution < 1.29 is 4.39 Å². The van der Waals surface area contributed by atoms with E-state index in [9.17, 15) is 4.39 Å². The Morgan fingerprint density at radius 3 is 2.82 bits per heavy atom. The number of hydrogen-bond acceptors (Lipinski definition) is 2. The second-order valence-electron chi connectivity index (χ2n) is 3.69. The molecular formula is C13H12ClFN2. The van der Waals surface area contributed by atoms with Gasteiger partial charge in [0.1, 0.15) is 5.82 Å². The van der Waals surface area contributed by atoms with Crippen LogP contribution < -0.4 is 5.32 Å². The third kappa shape index (κ3) is 2.74. The van der Waals surface area contributed by atoms with Crippen LogP contribution in [0.3, 0.4) is 0 Å². The SMILES string of the molecule is Cc1ncccc1NCc1c(F)cccc1Cl. The second kappa shape index (κ2) is 5.15. The van der Waals surface area contributed by atoms with Gasteiger partial charge in [-0.2, -0.15) is 0 Å². The van der Waals surface area contributed by atoms with Crippen LogP contribution in [0.5, 0.6) is 0 Å². The smallest absolute Gasteiger partial charge is 0.129 e. The van der Waals surface area contributed by atoms with Crippen molar-refractivity contribution in [3.63, 3.8) is 0 Å². The van der Waals surface area contributed by atoms with Gasteiger partial charge >= 0.3 is 0 Å². The van der Waals surface area contributed by atoms with Crippen molar-refractivity contribution in [2.24, 2.45) is 0 Å². The molecule has 88 valence electrons. The number of hydrogen-bond donors (Lipinski definition) is 1. The van der Waals surface area contributed by atoms with Gasteiger partial charge in [-0.25, -0.2) is 4.39 Å². The molecule has 0 unspecified atom stereocenters. The van der Waals surface area contributed by atoms with Gasteiger partial charge in [0, 0.05) is 23.3 Å². The Morgan fingerprint density at radius 2 is 2.12 bits per heavy atom. The molecule has 1 aromatic heterocycles. The highest BCUT2D eigenvalue weighted by molar-refractivity contribution is 6.31. The molecule has 1 N–H and O–H groups in total. The molecule has 2 nitrogen and oxygen atoms in total. The summed E-state index contributed by atoms with van der Waals surface area (Å²) in [5.41, 5.74) is 2.23. The number of rotatable bonds is 3. The Balaban J connectivity index is 2.16. The molecule has 0 aliphatic heterocycles. The number of anilines is 1. The minimum absolute atomic E-state index is 0.299. The predicted molar refractivity (Wildman–Crippen MR) is 67.7 cm³/mol. The lowest BCUT2D eigenvalue weighted by Gasteiger charge is -2.10. The van der Waals surface area contributed by atoms with Crippen LogP contribution >= 0.6 is 11.6 Å². The Kier molecular flexibility index (Phi) is 3.59. The van der Waals surface area contributed by atoms with Crippen LogP contribution in [0, 0.1) is 12.7 Å². The van der Waals surface area contributed by atoms with E-state index in [1.807, 2.05) is 19.1 Å². The van der Waals surface area contributed by atoms with Gasteiger partial charge in [0.05, 0.1) is 11.4 Å². The minimum Gasteiger partial charge on any atom is -0.379 e. The molecule has 1 aromatic carbocycles. The normalized spacial score (nSPS) is 10.3. The van der Waals surface area contributed by atoms with Crippen LogP contribution in [-0.2, 0) is 6.54 Å². The van der Waals surface area contributed by atoms with Crippen molar-refractivity contribution in [2.75, 3.05) is 5.32 Å². The first-order valence-electron chi connectivity index (χ1n) is 5.27. The lowest BCUT2D eigenvalue weighted by Crippen LogP contribution is -2.04. The molecule has 0 fully saturated rings. The Labute approximate surface area is 104 Å². The Morgan fingerprint density at radius 1 is 1.29 bits per heavy atom. The first kappa shape index (κ1) is 11.9. The molecule has 0 aliphatic rings. The van der Waals surface area contributed by atoms with E-state index in [0.717, 1.165) is 11.4 Å². The van der Waals surface area contributed by atoms with Gasteiger partial charge in [-0.3, -0.25) is 4.98 Å². The lowest BCUT2D eigenvalue weighted by atomic mass is 10.2. The van der Waals surface area contributed by atoms with E-state index in [1.165, 1.54) is 6.07 Å². The molecule has 2 aromatic rings. The Hall–Kier alpha value is -1.61. The zero-order valence-electron chi connectivity index (χ0n) is 9.37. The first-order valence-corrected chi connectivity index (χ1v) is 5.64. The van der Waals surface area contributed by atoms with E-state index in [-0.39, 0.29) is 5.82 Å². The molecule has 17 heavy (non-hydrogen) atoms. The van der Waals surface area contributed by atoms with Crippen LogP contribution in [0.15, 0.2) is 36.5 Å². The molecular weight excluding hydrogens is 239 g/mol. The topological polar surface area (TPSA) is 24.9 Å². The van der Waals surface area contributed by atoms with Crippen LogP contribution in [0.4, 0.5) is 10.1 Å². The van der Waals surface area contributed by atoms with E-state index >= 15 is 0 Å². The molecule has 0 saturated heterocycles. The Bertz CT molecular complexity index is 508. The number of benzene rings is 1. The van der Waals surface area contributed by atoms with Crippen molar-refractivity contribution in [2.45, 2.75) is 13.5 Å². The van der Waals surface area contributed by atoms with Crippen LogP contribution in [0.1, 0.15) is 11.3 Å². The number of halogens is 2. The molecule has 0 saturated carbocycles. The van der Waals surface area contributed by atoms with Crippen molar-refractivity contribution in [1.82, 2.24) is 4.98 Å². The monoisotopic (exact) mass is 250 g/mol. The molecule has 0 aliphatic carbocycles. The van der Waals surface area contributed by atoms with E-state index in [4.69, 9.17) is 11.6 Å². The predicted octanol–water partition coefficient (Wildman–Crippen LogP) is 3.79. The fourth-order valence-corrected chi connectivity index (χ4v) is 1.79. The molecule has 2 rings (SSSR count). The lowest BCUT2D eigenvalue weighted by molar-refractivity contribution is 0.613. The van der Waals surface area contributed by atoms with E-state index in [2.05, 4.69) is 10.3 Å². The van der Waals surface area contributed by atoms with Crippen LogP contribution in [-0.4, -0.2) is 4.98 Å². The standard InChI is InChI=1S/C13H12ClFN2/c1-9-13(6-3-7-16-9)17-8-10-11(14)4-2-5-12(10)15/h2-7,17H,8H2,1H3. The largest absolute Gasteiger partial charge is 0.379 e. The summed E-state index contributed by atoms with van der Waals surface area (Å²) in [5.74, 6) is -0.299. The molecule has 0 bridgehead atoms. The summed E-state index contributed by atoms with van der Waals surface area (Å²) in [6.45, 7) is 2.24. The highest BCUT2D eigenvalue weighted by Crippen LogP contribution is 2.20. The average molecular weight is 251 g/mol. The molecule has 1 heterocycles. The van der Waals surface area contributed by atoms with Gasteiger partial charge in [0.25, 0.3) is 0 Å². The van der Waals surface area contributed by atoms with Gasteiger partial charge in [0.15, 0.2) is 0 Å². The quantitative estimate of drug-likeness (QED) is 0.896. The molecule has 4 heteroatoms. The summed E-state index contributed by atoms with van der Waals surface area (Å²) in [7, 11) is 0. The summed E-state index contributed by atoms with van der Waals surface area (Å²) in [6, 6.07) is 8.41. The third-order valence-corrected chi connectivity index (χ3v) is 2.88. The van der Waals surface area contributed by atoms with Crippen LogP contribution in [0.2, 0.25) is 5.02 Å². The van der Waals surface area contributed by atoms with Crippen molar-refractivity contribution >= 4 is 17.3 Å². The second-order valence-corrected chi connectivity index (χ2v) is 4.10. The van der Waals surface area contributed by atoms with E-state index in [0.29, 0.717) is 17.1 Å². The van der Waals surface area contributed by atoms with E-state index < -0.39 is 0 Å². The number of nitrogens with zero attached hydrogens (tertiary/aromatic N) is 1. The van der Waals surface area contributed by atoms with Crippen LogP contribution in [0.25, 0.3) is 0 Å². The number of nitrogens with one attached hydrogen (secondary N) is 1. The summed E-state index contributed by atoms with van der Waals surface area (Å²) in [5, 5.41) is 3.55.